The number of aromatic nitrogens is 1. The lowest BCUT2D eigenvalue weighted by Crippen LogP contribution is -2.36. The van der Waals surface area contributed by atoms with Crippen molar-refractivity contribution in [3.05, 3.63) is 47.7 Å². The molecule has 2 fully saturated rings. The molecule has 7 nitrogen and oxygen atoms in total. The van der Waals surface area contributed by atoms with Crippen LogP contribution in [0.1, 0.15) is 54.4 Å². The third kappa shape index (κ3) is 4.91. The van der Waals surface area contributed by atoms with E-state index in [0.717, 1.165) is 56.4 Å². The summed E-state index contributed by atoms with van der Waals surface area (Å²) in [6.45, 7) is 4.72. The molecule has 0 radical (unpaired) electrons. The van der Waals surface area contributed by atoms with Gasteiger partial charge in [-0.15, -0.1) is 0 Å². The third-order valence-electron chi connectivity index (χ3n) is 6.02. The average molecular weight is 443 g/mol. The van der Waals surface area contributed by atoms with E-state index in [1.807, 2.05) is 13.0 Å². The lowest BCUT2D eigenvalue weighted by Gasteiger charge is -2.31. The number of benzene rings is 1. The van der Waals surface area contributed by atoms with Gasteiger partial charge in [0.05, 0.1) is 10.5 Å². The summed E-state index contributed by atoms with van der Waals surface area (Å²) in [5.74, 6) is 0.108. The highest BCUT2D eigenvalue weighted by atomic mass is 32.2. The van der Waals surface area contributed by atoms with E-state index in [1.165, 1.54) is 16.8 Å². The average Bonchev–Trinajstić information content (AvgIpc) is 2.81. The molecular weight excluding hydrogens is 412 g/mol. The van der Waals surface area contributed by atoms with Crippen molar-refractivity contribution in [2.75, 3.05) is 36.4 Å². The minimum absolute atomic E-state index is 0.178. The van der Waals surface area contributed by atoms with Gasteiger partial charge in [-0.05, 0) is 68.9 Å². The lowest BCUT2D eigenvalue weighted by atomic mass is 10.1. The van der Waals surface area contributed by atoms with E-state index in [4.69, 9.17) is 0 Å². The summed E-state index contributed by atoms with van der Waals surface area (Å²) >= 11 is 0. The molecule has 31 heavy (non-hydrogen) atoms. The molecule has 4 rings (SSSR count). The molecule has 0 spiro atoms. The molecule has 166 valence electrons. The number of nitrogens with one attached hydrogen (secondary N) is 1. The Labute approximate surface area is 184 Å². The van der Waals surface area contributed by atoms with E-state index in [1.54, 1.807) is 24.4 Å². The van der Waals surface area contributed by atoms with Crippen LogP contribution in [-0.4, -0.2) is 49.8 Å². The van der Waals surface area contributed by atoms with Crippen LogP contribution in [0.25, 0.3) is 0 Å². The Hall–Kier alpha value is -2.45. The Morgan fingerprint density at radius 3 is 2.26 bits per heavy atom. The van der Waals surface area contributed by atoms with Gasteiger partial charge >= 0.3 is 0 Å². The summed E-state index contributed by atoms with van der Waals surface area (Å²) in [5, 5.41) is 2.84. The summed E-state index contributed by atoms with van der Waals surface area (Å²) in [5.41, 5.74) is 2.16. The minimum atomic E-state index is -3.62. The van der Waals surface area contributed by atoms with Crippen LogP contribution < -0.4 is 10.2 Å². The molecule has 1 aromatic heterocycles. The molecule has 3 heterocycles. The van der Waals surface area contributed by atoms with Crippen molar-refractivity contribution < 1.29 is 13.2 Å². The summed E-state index contributed by atoms with van der Waals surface area (Å²) in [6.07, 6.45) is 7.79. The monoisotopic (exact) mass is 442 g/mol. The predicted molar refractivity (Wildman–Crippen MR) is 122 cm³/mol. The van der Waals surface area contributed by atoms with Crippen LogP contribution in [0.3, 0.4) is 0 Å². The normalized spacial score (nSPS) is 18.0. The number of carbonyl (C=O) groups is 1. The maximum absolute atomic E-state index is 13.2. The van der Waals surface area contributed by atoms with Crippen molar-refractivity contribution in [3.63, 3.8) is 0 Å². The molecule has 2 aromatic rings. The first kappa shape index (κ1) is 21.8. The molecule has 0 saturated carbocycles. The van der Waals surface area contributed by atoms with Gasteiger partial charge in [0.15, 0.2) is 0 Å². The summed E-state index contributed by atoms with van der Waals surface area (Å²) in [7, 11) is -3.62. The Kier molecular flexibility index (Phi) is 6.57. The Balaban J connectivity index is 1.69. The Morgan fingerprint density at radius 2 is 1.61 bits per heavy atom. The number of anilines is 2. The first-order valence-electron chi connectivity index (χ1n) is 11.1. The van der Waals surface area contributed by atoms with Crippen LogP contribution in [0.4, 0.5) is 11.5 Å². The van der Waals surface area contributed by atoms with E-state index in [9.17, 15) is 13.2 Å². The second-order valence-electron chi connectivity index (χ2n) is 8.37. The van der Waals surface area contributed by atoms with Crippen LogP contribution >= 0.6 is 0 Å². The van der Waals surface area contributed by atoms with E-state index < -0.39 is 10.0 Å². The van der Waals surface area contributed by atoms with Crippen molar-refractivity contribution >= 4 is 27.4 Å². The summed E-state index contributed by atoms with van der Waals surface area (Å²) in [6, 6.07) is 8.61. The Bertz CT molecular complexity index is 1030. The molecule has 1 N–H and O–H groups in total. The minimum Gasteiger partial charge on any atom is -0.371 e. The van der Waals surface area contributed by atoms with Gasteiger partial charge in [-0.1, -0.05) is 12.5 Å². The molecular formula is C23H30N4O3S. The molecule has 1 aromatic carbocycles. The zero-order valence-corrected chi connectivity index (χ0v) is 18.8. The van der Waals surface area contributed by atoms with Crippen LogP contribution in [0, 0.1) is 6.92 Å². The van der Waals surface area contributed by atoms with Gasteiger partial charge in [-0.25, -0.2) is 13.4 Å². The second-order valence-corrected chi connectivity index (χ2v) is 10.3. The van der Waals surface area contributed by atoms with Crippen molar-refractivity contribution in [2.45, 2.75) is 50.3 Å². The fourth-order valence-corrected chi connectivity index (χ4v) is 5.79. The van der Waals surface area contributed by atoms with E-state index in [-0.39, 0.29) is 10.8 Å². The van der Waals surface area contributed by atoms with Crippen molar-refractivity contribution in [2.24, 2.45) is 0 Å². The highest BCUT2D eigenvalue weighted by molar-refractivity contribution is 7.89. The standard InChI is InChI=1S/C23H30N4O3S/c1-18-8-11-22(24-17-18)25-23(28)20-16-19(31(29,30)27-14-6-3-7-15-27)9-10-21(20)26-12-4-2-5-13-26/h8-11,16-17H,2-7,12-15H2,1H3,(H,24,25,28). The zero-order chi connectivity index (χ0) is 21.8. The molecule has 0 bridgehead atoms. The quantitative estimate of drug-likeness (QED) is 0.761. The summed E-state index contributed by atoms with van der Waals surface area (Å²) < 4.78 is 28.0. The van der Waals surface area contributed by atoms with Gasteiger partial charge < -0.3 is 10.2 Å². The number of pyridine rings is 1. The Morgan fingerprint density at radius 1 is 0.935 bits per heavy atom. The van der Waals surface area contributed by atoms with E-state index >= 15 is 0 Å². The molecule has 2 saturated heterocycles. The van der Waals surface area contributed by atoms with Gasteiger partial charge in [-0.3, -0.25) is 4.79 Å². The molecule has 1 amide bonds. The van der Waals surface area contributed by atoms with E-state index in [0.29, 0.717) is 24.5 Å². The maximum Gasteiger partial charge on any atom is 0.258 e. The van der Waals surface area contributed by atoms with Crippen molar-refractivity contribution in [1.29, 1.82) is 0 Å². The van der Waals surface area contributed by atoms with Crippen molar-refractivity contribution in [3.8, 4) is 0 Å². The third-order valence-corrected chi connectivity index (χ3v) is 7.91. The number of aryl methyl sites for hydroxylation is 1. The first-order chi connectivity index (χ1) is 14.9. The molecule has 2 aliphatic heterocycles. The SMILES string of the molecule is Cc1ccc(NC(=O)c2cc(S(=O)(=O)N3CCCCC3)ccc2N2CCCCC2)nc1. The number of nitrogens with zero attached hydrogens (tertiary/aromatic N) is 3. The van der Waals surface area contributed by atoms with Gasteiger partial charge in [0.2, 0.25) is 10.0 Å². The zero-order valence-electron chi connectivity index (χ0n) is 18.0. The van der Waals surface area contributed by atoms with Crippen LogP contribution in [0.2, 0.25) is 0 Å². The van der Waals surface area contributed by atoms with Gasteiger partial charge in [0.1, 0.15) is 5.82 Å². The van der Waals surface area contributed by atoms with Gasteiger partial charge in [0, 0.05) is 38.1 Å². The van der Waals surface area contributed by atoms with Gasteiger partial charge in [0.25, 0.3) is 5.91 Å². The predicted octanol–water partition coefficient (Wildman–Crippen LogP) is 3.81. The van der Waals surface area contributed by atoms with Crippen LogP contribution in [-0.2, 0) is 10.0 Å². The van der Waals surface area contributed by atoms with Crippen LogP contribution in [0.5, 0.6) is 0 Å². The number of hydrogen-bond acceptors (Lipinski definition) is 5. The van der Waals surface area contributed by atoms with Crippen molar-refractivity contribution in [1.82, 2.24) is 9.29 Å². The van der Waals surface area contributed by atoms with Gasteiger partial charge in [-0.2, -0.15) is 4.31 Å². The molecule has 0 unspecified atom stereocenters. The number of rotatable bonds is 5. The molecule has 8 heteroatoms. The lowest BCUT2D eigenvalue weighted by molar-refractivity contribution is 0.102. The molecule has 0 atom stereocenters. The summed E-state index contributed by atoms with van der Waals surface area (Å²) in [4.78, 5) is 19.8. The number of hydrogen-bond donors (Lipinski definition) is 1. The van der Waals surface area contributed by atoms with Crippen LogP contribution in [0.15, 0.2) is 41.4 Å². The highest BCUT2D eigenvalue weighted by Gasteiger charge is 2.28. The number of piperidine rings is 2. The largest absolute Gasteiger partial charge is 0.371 e. The number of sulfonamides is 1. The fraction of sp³-hybridized carbons (Fsp3) is 0.478. The molecule has 0 aliphatic carbocycles. The first-order valence-corrected chi connectivity index (χ1v) is 12.5. The second kappa shape index (κ2) is 9.36. The number of carbonyl (C=O) groups excluding carboxylic acids is 1. The smallest absolute Gasteiger partial charge is 0.258 e. The highest BCUT2D eigenvalue weighted by Crippen LogP contribution is 2.29. The fourth-order valence-electron chi connectivity index (χ4n) is 4.25. The van der Waals surface area contributed by atoms with E-state index in [2.05, 4.69) is 15.2 Å². The maximum atomic E-state index is 13.2. The topological polar surface area (TPSA) is 82.6 Å². The molecule has 2 aliphatic rings. The number of amides is 1.